The predicted octanol–water partition coefficient (Wildman–Crippen LogP) is 5.16. The molecule has 0 aliphatic carbocycles. The predicted molar refractivity (Wildman–Crippen MR) is 110 cm³/mol. The number of ether oxygens (including phenoxy) is 1. The zero-order chi connectivity index (χ0) is 19.0. The molecule has 4 heteroatoms. The van der Waals surface area contributed by atoms with E-state index in [2.05, 4.69) is 69.7 Å². The lowest BCUT2D eigenvalue weighted by molar-refractivity contribution is 0.452. The third kappa shape index (κ3) is 3.37. The highest BCUT2D eigenvalue weighted by Crippen LogP contribution is 2.43. The zero-order valence-electron chi connectivity index (χ0n) is 17.2. The minimum atomic E-state index is 0.500. The molecule has 3 rings (SSSR count). The third-order valence-corrected chi connectivity index (χ3v) is 5.36. The smallest absolute Gasteiger partial charge is 0.245 e. The molecule has 0 saturated heterocycles. The molecule has 2 aromatic rings. The molecule has 0 bridgehead atoms. The van der Waals surface area contributed by atoms with Crippen LogP contribution in [0.25, 0.3) is 0 Å². The maximum Gasteiger partial charge on any atom is 0.245 e. The molecule has 0 spiro atoms. The van der Waals surface area contributed by atoms with Gasteiger partial charge in [-0.2, -0.15) is 0 Å². The Kier molecular flexibility index (Phi) is 5.12. The fourth-order valence-electron chi connectivity index (χ4n) is 3.86. The Balaban J connectivity index is 2.11. The van der Waals surface area contributed by atoms with Gasteiger partial charge >= 0.3 is 0 Å². The molecule has 0 amide bonds. The Bertz CT molecular complexity index is 792. The summed E-state index contributed by atoms with van der Waals surface area (Å²) in [6, 6.07) is 7.03. The fraction of sp³-hybridized carbons (Fsp3) is 0.500. The van der Waals surface area contributed by atoms with Crippen molar-refractivity contribution in [3.8, 4) is 11.6 Å². The Morgan fingerprint density at radius 1 is 1.08 bits per heavy atom. The number of nitrogens with zero attached hydrogens (tertiary/aromatic N) is 3. The summed E-state index contributed by atoms with van der Waals surface area (Å²) in [6.45, 7) is 14.9. The number of hydrogen-bond donors (Lipinski definition) is 0. The number of benzene rings is 1. The van der Waals surface area contributed by atoms with Crippen LogP contribution in [0, 0.1) is 27.7 Å². The molecule has 1 aliphatic rings. The first kappa shape index (κ1) is 18.6. The molecule has 0 radical (unpaired) electrons. The second-order valence-corrected chi connectivity index (χ2v) is 7.64. The van der Waals surface area contributed by atoms with E-state index in [1.165, 1.54) is 11.3 Å². The van der Waals surface area contributed by atoms with Gasteiger partial charge in [0.15, 0.2) is 0 Å². The topological polar surface area (TPSA) is 28.6 Å². The van der Waals surface area contributed by atoms with Gasteiger partial charge in [0.1, 0.15) is 11.4 Å². The van der Waals surface area contributed by atoms with Crippen LogP contribution in [0.15, 0.2) is 18.2 Å². The van der Waals surface area contributed by atoms with Crippen LogP contribution in [0.3, 0.4) is 0 Å². The van der Waals surface area contributed by atoms with E-state index in [9.17, 15) is 0 Å². The summed E-state index contributed by atoms with van der Waals surface area (Å²) in [6.07, 6.45) is 1.12. The molecule has 0 fully saturated rings. The van der Waals surface area contributed by atoms with Crippen LogP contribution in [0.4, 0.5) is 11.4 Å². The Morgan fingerprint density at radius 2 is 1.73 bits per heavy atom. The van der Waals surface area contributed by atoms with E-state index in [-0.39, 0.29) is 0 Å². The maximum atomic E-state index is 6.43. The van der Waals surface area contributed by atoms with E-state index in [4.69, 9.17) is 9.72 Å². The SMILES string of the molecule is CCC(C)N1CCN(C)c2c1cc(C)nc2Oc1c(C)cc(C)cc1C. The standard InChI is InChI=1S/C22H31N3O/c1-8-18(6)25-10-9-24(7)20-19(25)13-17(5)23-22(20)26-21-15(3)11-14(2)12-16(21)4/h11-13,18H,8-10H2,1-7H3. The van der Waals surface area contributed by atoms with E-state index in [1.54, 1.807) is 0 Å². The molecule has 2 heterocycles. The zero-order valence-corrected chi connectivity index (χ0v) is 17.2. The first-order valence-corrected chi connectivity index (χ1v) is 9.57. The average molecular weight is 354 g/mol. The van der Waals surface area contributed by atoms with Crippen molar-refractivity contribution in [2.45, 2.75) is 54.0 Å². The van der Waals surface area contributed by atoms with Crippen LogP contribution in [0.1, 0.15) is 42.7 Å². The number of likely N-dealkylation sites (N-methyl/N-ethyl adjacent to an activating group) is 1. The molecular weight excluding hydrogens is 322 g/mol. The first-order valence-electron chi connectivity index (χ1n) is 9.57. The molecule has 1 atom stereocenters. The summed E-state index contributed by atoms with van der Waals surface area (Å²) in [5, 5.41) is 0. The normalized spacial score (nSPS) is 15.0. The monoisotopic (exact) mass is 353 g/mol. The fourth-order valence-corrected chi connectivity index (χ4v) is 3.86. The molecule has 4 nitrogen and oxygen atoms in total. The number of pyridine rings is 1. The number of rotatable bonds is 4. The molecule has 140 valence electrons. The molecule has 1 aromatic carbocycles. The van der Waals surface area contributed by atoms with Crippen LogP contribution < -0.4 is 14.5 Å². The highest BCUT2D eigenvalue weighted by Gasteiger charge is 2.28. The Hall–Kier alpha value is -2.23. The van der Waals surface area contributed by atoms with Crippen molar-refractivity contribution >= 4 is 11.4 Å². The second-order valence-electron chi connectivity index (χ2n) is 7.64. The van der Waals surface area contributed by atoms with Gasteiger partial charge in [-0.15, -0.1) is 0 Å². The van der Waals surface area contributed by atoms with Crippen molar-refractivity contribution in [2.75, 3.05) is 29.9 Å². The van der Waals surface area contributed by atoms with Gasteiger partial charge in [-0.25, -0.2) is 4.98 Å². The van der Waals surface area contributed by atoms with Crippen molar-refractivity contribution in [1.29, 1.82) is 0 Å². The first-order chi connectivity index (χ1) is 12.3. The molecule has 0 saturated carbocycles. The van der Waals surface area contributed by atoms with Gasteiger partial charge in [0, 0.05) is 31.9 Å². The summed E-state index contributed by atoms with van der Waals surface area (Å²) in [5.74, 6) is 1.63. The van der Waals surface area contributed by atoms with Crippen LogP contribution in [0.2, 0.25) is 0 Å². The number of hydrogen-bond acceptors (Lipinski definition) is 4. The summed E-state index contributed by atoms with van der Waals surface area (Å²) < 4.78 is 6.43. The maximum absolute atomic E-state index is 6.43. The quantitative estimate of drug-likeness (QED) is 0.759. The minimum absolute atomic E-state index is 0.500. The highest BCUT2D eigenvalue weighted by atomic mass is 16.5. The number of anilines is 2. The van der Waals surface area contributed by atoms with Crippen LogP contribution in [-0.2, 0) is 0 Å². The second kappa shape index (κ2) is 7.18. The van der Waals surface area contributed by atoms with Gasteiger partial charge in [0.05, 0.1) is 5.69 Å². The lowest BCUT2D eigenvalue weighted by Crippen LogP contribution is -2.44. The molecular formula is C22H31N3O. The van der Waals surface area contributed by atoms with E-state index in [0.29, 0.717) is 11.9 Å². The summed E-state index contributed by atoms with van der Waals surface area (Å²) >= 11 is 0. The summed E-state index contributed by atoms with van der Waals surface area (Å²) in [4.78, 5) is 9.53. The third-order valence-electron chi connectivity index (χ3n) is 5.36. The Labute approximate surface area is 157 Å². The van der Waals surface area contributed by atoms with Gasteiger partial charge in [-0.3, -0.25) is 0 Å². The van der Waals surface area contributed by atoms with Gasteiger partial charge in [-0.05, 0) is 58.2 Å². The van der Waals surface area contributed by atoms with Crippen LogP contribution in [0.5, 0.6) is 11.6 Å². The summed E-state index contributed by atoms with van der Waals surface area (Å²) in [5.41, 5.74) is 6.88. The molecule has 26 heavy (non-hydrogen) atoms. The lowest BCUT2D eigenvalue weighted by atomic mass is 10.1. The van der Waals surface area contributed by atoms with Crippen molar-refractivity contribution in [1.82, 2.24) is 4.98 Å². The van der Waals surface area contributed by atoms with E-state index in [0.717, 1.165) is 47.8 Å². The van der Waals surface area contributed by atoms with Gasteiger partial charge in [0.25, 0.3) is 0 Å². The van der Waals surface area contributed by atoms with Crippen LogP contribution >= 0.6 is 0 Å². The molecule has 1 aromatic heterocycles. The molecule has 1 aliphatic heterocycles. The van der Waals surface area contributed by atoms with E-state index < -0.39 is 0 Å². The number of fused-ring (bicyclic) bond motifs is 1. The highest BCUT2D eigenvalue weighted by molar-refractivity contribution is 5.79. The lowest BCUT2D eigenvalue weighted by Gasteiger charge is -2.40. The van der Waals surface area contributed by atoms with Crippen molar-refractivity contribution in [3.05, 3.63) is 40.6 Å². The number of aryl methyl sites for hydroxylation is 4. The van der Waals surface area contributed by atoms with Gasteiger partial charge in [-0.1, -0.05) is 24.6 Å². The average Bonchev–Trinajstić information content (AvgIpc) is 2.57. The van der Waals surface area contributed by atoms with Crippen LogP contribution in [-0.4, -0.2) is 31.2 Å². The van der Waals surface area contributed by atoms with Crippen molar-refractivity contribution in [3.63, 3.8) is 0 Å². The largest absolute Gasteiger partial charge is 0.436 e. The number of aromatic nitrogens is 1. The minimum Gasteiger partial charge on any atom is -0.436 e. The van der Waals surface area contributed by atoms with Gasteiger partial charge < -0.3 is 14.5 Å². The molecule has 0 N–H and O–H groups in total. The van der Waals surface area contributed by atoms with E-state index >= 15 is 0 Å². The van der Waals surface area contributed by atoms with Gasteiger partial charge in [0.2, 0.25) is 5.88 Å². The van der Waals surface area contributed by atoms with Crippen molar-refractivity contribution < 1.29 is 4.74 Å². The Morgan fingerprint density at radius 3 is 2.35 bits per heavy atom. The van der Waals surface area contributed by atoms with Crippen molar-refractivity contribution in [2.24, 2.45) is 0 Å². The van der Waals surface area contributed by atoms with E-state index in [1.807, 2.05) is 6.92 Å². The summed E-state index contributed by atoms with van der Waals surface area (Å²) in [7, 11) is 2.13. The molecule has 1 unspecified atom stereocenters.